The lowest BCUT2D eigenvalue weighted by Crippen LogP contribution is -2.42. The molecule has 1 unspecified atom stereocenters. The zero-order valence-corrected chi connectivity index (χ0v) is 18.9. The number of aryl methyl sites for hydroxylation is 3. The second-order valence-corrected chi connectivity index (χ2v) is 9.94. The van der Waals surface area contributed by atoms with Gasteiger partial charge in [0.25, 0.3) is 5.56 Å². The lowest BCUT2D eigenvalue weighted by atomic mass is 10.1. The molecular weight excluding hydrogens is 416 g/mol. The first kappa shape index (κ1) is 21.5. The number of hydrogen-bond acceptors (Lipinski definition) is 6. The van der Waals surface area contributed by atoms with Crippen molar-refractivity contribution in [2.24, 2.45) is 0 Å². The molecule has 31 heavy (non-hydrogen) atoms. The second-order valence-electron chi connectivity index (χ2n) is 8.08. The van der Waals surface area contributed by atoms with Crippen LogP contribution in [0.3, 0.4) is 0 Å². The molecule has 164 valence electrons. The number of hydrogen-bond donors (Lipinski definition) is 0. The molecule has 0 radical (unpaired) electrons. The maximum Gasteiger partial charge on any atom is 0.271 e. The predicted molar refractivity (Wildman–Crippen MR) is 117 cm³/mol. The molecule has 3 aromatic rings. The quantitative estimate of drug-likeness (QED) is 0.614. The molecule has 0 amide bonds. The minimum absolute atomic E-state index is 0.0265. The van der Waals surface area contributed by atoms with Crippen molar-refractivity contribution in [1.82, 2.24) is 19.2 Å². The number of rotatable bonds is 4. The van der Waals surface area contributed by atoms with Crippen LogP contribution < -0.4 is 5.56 Å². The molecule has 1 aromatic carbocycles. The molecule has 1 fully saturated rings. The van der Waals surface area contributed by atoms with E-state index in [1.54, 1.807) is 43.3 Å². The Kier molecular flexibility index (Phi) is 5.57. The molecular formula is C22H26N4O4S. The number of sulfonamides is 1. The highest BCUT2D eigenvalue weighted by Crippen LogP contribution is 2.30. The van der Waals surface area contributed by atoms with Gasteiger partial charge < -0.3 is 4.52 Å². The third kappa shape index (κ3) is 3.83. The normalized spacial score (nSPS) is 17.7. The first-order chi connectivity index (χ1) is 14.7. The summed E-state index contributed by atoms with van der Waals surface area (Å²) >= 11 is 0. The van der Waals surface area contributed by atoms with E-state index in [-0.39, 0.29) is 16.5 Å². The molecule has 2 aromatic heterocycles. The Labute approximate surface area is 181 Å². The Morgan fingerprint density at radius 3 is 2.55 bits per heavy atom. The van der Waals surface area contributed by atoms with Gasteiger partial charge in [-0.05, 0) is 58.2 Å². The van der Waals surface area contributed by atoms with Crippen LogP contribution in [0.4, 0.5) is 0 Å². The second kappa shape index (κ2) is 8.05. The topological polar surface area (TPSA) is 98.3 Å². The standard InChI is InChI=1S/C22H26N4O4S/c1-14-8-9-18(13-20(14)31(28,29)25-12-6-5-7-15(25)2)19-10-11-21(27)26(23-19)22-16(3)24-30-17(22)4/h8-11,13,15H,5-7,12H2,1-4H3. The van der Waals surface area contributed by atoms with Crippen LogP contribution in [0.1, 0.15) is 43.2 Å². The van der Waals surface area contributed by atoms with Crippen molar-refractivity contribution in [2.75, 3.05) is 6.54 Å². The van der Waals surface area contributed by atoms with Crippen molar-refractivity contribution in [2.45, 2.75) is 57.9 Å². The van der Waals surface area contributed by atoms with Crippen molar-refractivity contribution in [3.05, 3.63) is 57.7 Å². The van der Waals surface area contributed by atoms with Gasteiger partial charge >= 0.3 is 0 Å². The Morgan fingerprint density at radius 2 is 1.87 bits per heavy atom. The molecule has 8 nitrogen and oxygen atoms in total. The van der Waals surface area contributed by atoms with E-state index >= 15 is 0 Å². The van der Waals surface area contributed by atoms with Gasteiger partial charge in [0.1, 0.15) is 11.4 Å². The Morgan fingerprint density at radius 1 is 1.10 bits per heavy atom. The SMILES string of the molecule is Cc1ccc(-c2ccc(=O)n(-c3c(C)noc3C)n2)cc1S(=O)(=O)N1CCCCC1C. The van der Waals surface area contributed by atoms with Crippen molar-refractivity contribution < 1.29 is 12.9 Å². The summed E-state index contributed by atoms with van der Waals surface area (Å²) in [6.07, 6.45) is 2.77. The minimum atomic E-state index is -3.64. The fourth-order valence-corrected chi connectivity index (χ4v) is 6.05. The van der Waals surface area contributed by atoms with Crippen LogP contribution in [0.5, 0.6) is 0 Å². The lowest BCUT2D eigenvalue weighted by molar-refractivity contribution is 0.268. The van der Waals surface area contributed by atoms with Crippen molar-refractivity contribution >= 4 is 10.0 Å². The van der Waals surface area contributed by atoms with Crippen LogP contribution in [-0.2, 0) is 10.0 Å². The van der Waals surface area contributed by atoms with Gasteiger partial charge in [-0.25, -0.2) is 8.42 Å². The van der Waals surface area contributed by atoms with Gasteiger partial charge in [0.15, 0.2) is 5.76 Å². The van der Waals surface area contributed by atoms with Gasteiger partial charge in [-0.3, -0.25) is 4.79 Å². The van der Waals surface area contributed by atoms with Gasteiger partial charge in [-0.1, -0.05) is 23.7 Å². The zero-order valence-electron chi connectivity index (χ0n) is 18.1. The molecule has 0 bridgehead atoms. The molecule has 1 saturated heterocycles. The minimum Gasteiger partial charge on any atom is -0.359 e. The van der Waals surface area contributed by atoms with Crippen molar-refractivity contribution in [3.63, 3.8) is 0 Å². The maximum atomic E-state index is 13.4. The fourth-order valence-electron chi connectivity index (χ4n) is 4.10. The molecule has 0 aliphatic carbocycles. The molecule has 1 aliphatic heterocycles. The average Bonchev–Trinajstić information content (AvgIpc) is 3.07. The van der Waals surface area contributed by atoms with E-state index in [0.717, 1.165) is 19.3 Å². The highest BCUT2D eigenvalue weighted by atomic mass is 32.2. The summed E-state index contributed by atoms with van der Waals surface area (Å²) in [4.78, 5) is 12.7. The summed E-state index contributed by atoms with van der Waals surface area (Å²) in [5.41, 5.74) is 2.52. The summed E-state index contributed by atoms with van der Waals surface area (Å²) in [5.74, 6) is 0.482. The van der Waals surface area contributed by atoms with Crippen LogP contribution >= 0.6 is 0 Å². The van der Waals surface area contributed by atoms with E-state index in [4.69, 9.17) is 4.52 Å². The first-order valence-electron chi connectivity index (χ1n) is 10.4. The first-order valence-corrected chi connectivity index (χ1v) is 11.8. The summed E-state index contributed by atoms with van der Waals surface area (Å²) in [6.45, 7) is 7.73. The van der Waals surface area contributed by atoms with Gasteiger partial charge in [0.05, 0.1) is 10.6 Å². The third-order valence-corrected chi connectivity index (χ3v) is 7.98. The Balaban J connectivity index is 1.81. The highest BCUT2D eigenvalue weighted by Gasteiger charge is 2.32. The molecule has 1 aliphatic rings. The summed E-state index contributed by atoms with van der Waals surface area (Å²) in [6, 6.07) is 8.23. The van der Waals surface area contributed by atoms with E-state index in [0.29, 0.717) is 40.5 Å². The monoisotopic (exact) mass is 442 g/mol. The van der Waals surface area contributed by atoms with E-state index in [1.807, 2.05) is 13.0 Å². The van der Waals surface area contributed by atoms with E-state index in [1.165, 1.54) is 10.7 Å². The molecule has 9 heteroatoms. The summed E-state index contributed by atoms with van der Waals surface area (Å²) in [5, 5.41) is 8.38. The largest absolute Gasteiger partial charge is 0.359 e. The number of nitrogens with zero attached hydrogens (tertiary/aromatic N) is 4. The van der Waals surface area contributed by atoms with E-state index in [2.05, 4.69) is 10.3 Å². The van der Waals surface area contributed by atoms with Crippen LogP contribution in [0.2, 0.25) is 0 Å². The number of aromatic nitrogens is 3. The molecule has 1 atom stereocenters. The van der Waals surface area contributed by atoms with Gasteiger partial charge in [0.2, 0.25) is 10.0 Å². The molecule has 0 saturated carbocycles. The molecule has 4 rings (SSSR count). The molecule has 0 spiro atoms. The van der Waals surface area contributed by atoms with Gasteiger partial charge in [-0.2, -0.15) is 14.1 Å². The van der Waals surface area contributed by atoms with E-state index < -0.39 is 10.0 Å². The molecule has 3 heterocycles. The third-order valence-electron chi connectivity index (χ3n) is 5.82. The van der Waals surface area contributed by atoms with Crippen molar-refractivity contribution in [3.8, 4) is 16.9 Å². The fraction of sp³-hybridized carbons (Fsp3) is 0.409. The average molecular weight is 443 g/mol. The Hall–Kier alpha value is -2.78. The lowest BCUT2D eigenvalue weighted by Gasteiger charge is -2.32. The van der Waals surface area contributed by atoms with Crippen LogP contribution in [0, 0.1) is 20.8 Å². The zero-order chi connectivity index (χ0) is 22.3. The smallest absolute Gasteiger partial charge is 0.271 e. The molecule has 0 N–H and O–H groups in total. The van der Waals surface area contributed by atoms with Crippen LogP contribution in [0.15, 0.2) is 44.5 Å². The predicted octanol–water partition coefficient (Wildman–Crippen LogP) is 3.38. The van der Waals surface area contributed by atoms with E-state index in [9.17, 15) is 13.2 Å². The number of piperidine rings is 1. The maximum absolute atomic E-state index is 13.4. The van der Waals surface area contributed by atoms with Gasteiger partial charge in [-0.15, -0.1) is 0 Å². The van der Waals surface area contributed by atoms with Crippen molar-refractivity contribution in [1.29, 1.82) is 0 Å². The highest BCUT2D eigenvalue weighted by molar-refractivity contribution is 7.89. The van der Waals surface area contributed by atoms with Crippen LogP contribution in [-0.4, -0.2) is 40.2 Å². The summed E-state index contributed by atoms with van der Waals surface area (Å²) < 4.78 is 34.9. The number of benzene rings is 1. The summed E-state index contributed by atoms with van der Waals surface area (Å²) in [7, 11) is -3.64. The van der Waals surface area contributed by atoms with Gasteiger partial charge in [0, 0.05) is 24.2 Å². The van der Waals surface area contributed by atoms with Crippen LogP contribution in [0.25, 0.3) is 16.9 Å². The Bertz CT molecular complexity index is 1270.